The molecular formula is C15H27N3O3. The van der Waals surface area contributed by atoms with E-state index in [-0.39, 0.29) is 11.8 Å². The molecule has 2 amide bonds. The molecule has 0 aromatic carbocycles. The number of hydrogen-bond acceptors (Lipinski definition) is 4. The highest BCUT2D eigenvalue weighted by Crippen LogP contribution is 2.20. The minimum absolute atomic E-state index is 0.0614. The summed E-state index contributed by atoms with van der Waals surface area (Å²) in [6, 6.07) is -0.136. The lowest BCUT2D eigenvalue weighted by molar-refractivity contribution is -0.148. The van der Waals surface area contributed by atoms with Gasteiger partial charge in [0.25, 0.3) is 0 Å². The first kappa shape index (κ1) is 16.2. The van der Waals surface area contributed by atoms with Crippen molar-refractivity contribution in [2.24, 2.45) is 5.73 Å². The molecule has 1 unspecified atom stereocenters. The fourth-order valence-electron chi connectivity index (χ4n) is 2.56. The average molecular weight is 297 g/mol. The summed E-state index contributed by atoms with van der Waals surface area (Å²) in [5.74, 6) is 0.00989. The molecule has 1 atom stereocenters. The maximum atomic E-state index is 12.3. The monoisotopic (exact) mass is 297 g/mol. The van der Waals surface area contributed by atoms with E-state index < -0.39 is 6.04 Å². The van der Waals surface area contributed by atoms with Crippen molar-refractivity contribution in [3.8, 4) is 0 Å². The molecule has 120 valence electrons. The Balaban J connectivity index is 1.76. The topological polar surface area (TPSA) is 84.7 Å². The van der Waals surface area contributed by atoms with E-state index in [4.69, 9.17) is 10.5 Å². The van der Waals surface area contributed by atoms with Crippen LogP contribution in [0.1, 0.15) is 44.9 Å². The molecule has 2 fully saturated rings. The number of unbranched alkanes of at least 4 members (excludes halogenated alkanes) is 3. The van der Waals surface area contributed by atoms with Crippen molar-refractivity contribution >= 4 is 11.8 Å². The maximum Gasteiger partial charge on any atom is 0.245 e. The molecule has 1 heterocycles. The van der Waals surface area contributed by atoms with E-state index in [0.29, 0.717) is 38.8 Å². The van der Waals surface area contributed by atoms with Gasteiger partial charge in [0.15, 0.2) is 0 Å². The van der Waals surface area contributed by atoms with E-state index in [1.54, 1.807) is 4.90 Å². The van der Waals surface area contributed by atoms with Gasteiger partial charge >= 0.3 is 0 Å². The highest BCUT2D eigenvalue weighted by Gasteiger charge is 2.35. The second-order valence-electron chi connectivity index (χ2n) is 5.91. The largest absolute Gasteiger partial charge is 0.377 e. The first-order valence-corrected chi connectivity index (χ1v) is 8.10. The van der Waals surface area contributed by atoms with Crippen LogP contribution in [0.3, 0.4) is 0 Å². The standard InChI is InChI=1S/C15H27N3O3/c16-8-4-2-1-3-5-14(19)18-9-10-21-11-13(18)15(20)17-12-6-7-12/h12-13H,1-11,16H2,(H,17,20). The number of rotatable bonds is 8. The van der Waals surface area contributed by atoms with Gasteiger partial charge in [-0.25, -0.2) is 0 Å². The summed E-state index contributed by atoms with van der Waals surface area (Å²) in [6.07, 6.45) is 6.58. The summed E-state index contributed by atoms with van der Waals surface area (Å²) >= 11 is 0. The normalized spacial score (nSPS) is 22.1. The van der Waals surface area contributed by atoms with Crippen LogP contribution < -0.4 is 11.1 Å². The van der Waals surface area contributed by atoms with Gasteiger partial charge in [0, 0.05) is 19.0 Å². The Kier molecular flexibility index (Phi) is 6.45. The molecular weight excluding hydrogens is 270 g/mol. The number of amides is 2. The smallest absolute Gasteiger partial charge is 0.245 e. The van der Waals surface area contributed by atoms with Gasteiger partial charge in [-0.1, -0.05) is 12.8 Å². The number of nitrogens with one attached hydrogen (secondary N) is 1. The Labute approximate surface area is 126 Å². The van der Waals surface area contributed by atoms with Crippen LogP contribution in [0.5, 0.6) is 0 Å². The van der Waals surface area contributed by atoms with Gasteiger partial charge in [0.2, 0.25) is 11.8 Å². The molecule has 0 spiro atoms. The van der Waals surface area contributed by atoms with E-state index in [2.05, 4.69) is 5.32 Å². The Morgan fingerprint density at radius 1 is 1.19 bits per heavy atom. The van der Waals surface area contributed by atoms with Crippen molar-refractivity contribution in [1.82, 2.24) is 10.2 Å². The minimum atomic E-state index is -0.448. The lowest BCUT2D eigenvalue weighted by Gasteiger charge is -2.34. The highest BCUT2D eigenvalue weighted by atomic mass is 16.5. The van der Waals surface area contributed by atoms with Gasteiger partial charge in [0.1, 0.15) is 6.04 Å². The molecule has 1 aliphatic carbocycles. The Bertz CT molecular complexity index is 358. The molecule has 0 aromatic heterocycles. The summed E-state index contributed by atoms with van der Waals surface area (Å²) in [5.41, 5.74) is 5.45. The number of nitrogens with zero attached hydrogens (tertiary/aromatic N) is 1. The van der Waals surface area contributed by atoms with Gasteiger partial charge < -0.3 is 20.7 Å². The van der Waals surface area contributed by atoms with Crippen LogP contribution >= 0.6 is 0 Å². The van der Waals surface area contributed by atoms with Crippen molar-refractivity contribution < 1.29 is 14.3 Å². The second kappa shape index (κ2) is 8.34. The first-order valence-electron chi connectivity index (χ1n) is 8.10. The van der Waals surface area contributed by atoms with Crippen LogP contribution in [0.25, 0.3) is 0 Å². The molecule has 1 aliphatic heterocycles. The third-order valence-electron chi connectivity index (χ3n) is 4.02. The van der Waals surface area contributed by atoms with Crippen molar-refractivity contribution in [1.29, 1.82) is 0 Å². The van der Waals surface area contributed by atoms with Gasteiger partial charge in [-0.15, -0.1) is 0 Å². The number of hydrogen-bond donors (Lipinski definition) is 2. The third kappa shape index (κ3) is 5.28. The second-order valence-corrected chi connectivity index (χ2v) is 5.91. The highest BCUT2D eigenvalue weighted by molar-refractivity contribution is 5.88. The molecule has 6 nitrogen and oxygen atoms in total. The fourth-order valence-corrected chi connectivity index (χ4v) is 2.56. The number of carbonyl (C=O) groups is 2. The quantitative estimate of drug-likeness (QED) is 0.635. The summed E-state index contributed by atoms with van der Waals surface area (Å²) in [7, 11) is 0. The summed E-state index contributed by atoms with van der Waals surface area (Å²) in [5, 5.41) is 2.97. The number of carbonyl (C=O) groups excluding carboxylic acids is 2. The van der Waals surface area contributed by atoms with Crippen LogP contribution in [0, 0.1) is 0 Å². The zero-order chi connectivity index (χ0) is 15.1. The molecule has 1 saturated heterocycles. The molecule has 0 radical (unpaired) electrons. The zero-order valence-corrected chi connectivity index (χ0v) is 12.7. The summed E-state index contributed by atoms with van der Waals surface area (Å²) in [6.45, 7) is 2.06. The Morgan fingerprint density at radius 2 is 1.95 bits per heavy atom. The number of morpholine rings is 1. The Hall–Kier alpha value is -1.14. The molecule has 1 saturated carbocycles. The molecule has 2 rings (SSSR count). The summed E-state index contributed by atoms with van der Waals surface area (Å²) in [4.78, 5) is 26.2. The molecule has 6 heteroatoms. The van der Waals surface area contributed by atoms with Crippen molar-refractivity contribution in [3.05, 3.63) is 0 Å². The van der Waals surface area contributed by atoms with E-state index in [1.807, 2.05) is 0 Å². The van der Waals surface area contributed by atoms with Crippen LogP contribution in [0.2, 0.25) is 0 Å². The van der Waals surface area contributed by atoms with Gasteiger partial charge in [-0.2, -0.15) is 0 Å². The fraction of sp³-hybridized carbons (Fsp3) is 0.867. The molecule has 21 heavy (non-hydrogen) atoms. The van der Waals surface area contributed by atoms with E-state index in [9.17, 15) is 9.59 Å². The predicted octanol–water partition coefficient (Wildman–Crippen LogP) is 0.402. The predicted molar refractivity (Wildman–Crippen MR) is 79.6 cm³/mol. The van der Waals surface area contributed by atoms with Crippen molar-refractivity contribution in [2.45, 2.75) is 57.0 Å². The van der Waals surface area contributed by atoms with Gasteiger partial charge in [0.05, 0.1) is 13.2 Å². The number of nitrogens with two attached hydrogens (primary N) is 1. The molecule has 0 aromatic rings. The maximum absolute atomic E-state index is 12.3. The van der Waals surface area contributed by atoms with Crippen LogP contribution in [0.15, 0.2) is 0 Å². The average Bonchev–Trinajstić information content (AvgIpc) is 3.30. The zero-order valence-electron chi connectivity index (χ0n) is 12.7. The third-order valence-corrected chi connectivity index (χ3v) is 4.02. The first-order chi connectivity index (χ1) is 10.2. The van der Waals surface area contributed by atoms with Crippen LogP contribution in [-0.2, 0) is 14.3 Å². The minimum Gasteiger partial charge on any atom is -0.377 e. The molecule has 3 N–H and O–H groups in total. The van der Waals surface area contributed by atoms with Crippen molar-refractivity contribution in [2.75, 3.05) is 26.3 Å². The van der Waals surface area contributed by atoms with Gasteiger partial charge in [-0.3, -0.25) is 9.59 Å². The Morgan fingerprint density at radius 3 is 2.67 bits per heavy atom. The summed E-state index contributed by atoms with van der Waals surface area (Å²) < 4.78 is 5.37. The van der Waals surface area contributed by atoms with E-state index in [1.165, 1.54) is 0 Å². The SMILES string of the molecule is NCCCCCCC(=O)N1CCOCC1C(=O)NC1CC1. The van der Waals surface area contributed by atoms with Gasteiger partial charge in [-0.05, 0) is 32.2 Å². The van der Waals surface area contributed by atoms with E-state index >= 15 is 0 Å². The van der Waals surface area contributed by atoms with Crippen LogP contribution in [-0.4, -0.2) is 55.1 Å². The lowest BCUT2D eigenvalue weighted by atomic mass is 10.1. The lowest BCUT2D eigenvalue weighted by Crippen LogP contribution is -2.56. The molecule has 0 bridgehead atoms. The molecule has 2 aliphatic rings. The van der Waals surface area contributed by atoms with E-state index in [0.717, 1.165) is 38.5 Å². The number of ether oxygens (including phenoxy) is 1. The van der Waals surface area contributed by atoms with Crippen molar-refractivity contribution in [3.63, 3.8) is 0 Å². The van der Waals surface area contributed by atoms with Crippen LogP contribution in [0.4, 0.5) is 0 Å².